The van der Waals surface area contributed by atoms with Gasteiger partial charge in [0.15, 0.2) is 0 Å². The summed E-state index contributed by atoms with van der Waals surface area (Å²) in [6, 6.07) is 5.49. The highest BCUT2D eigenvalue weighted by Crippen LogP contribution is 2.23. The molecule has 0 aliphatic carbocycles. The molecule has 2 N–H and O–H groups in total. The summed E-state index contributed by atoms with van der Waals surface area (Å²) in [7, 11) is 0. The van der Waals surface area contributed by atoms with Crippen LogP contribution in [0.25, 0.3) is 11.4 Å². The summed E-state index contributed by atoms with van der Waals surface area (Å²) in [5.74, 6) is 0.884. The van der Waals surface area contributed by atoms with Crippen LogP contribution in [-0.4, -0.2) is 42.3 Å². The van der Waals surface area contributed by atoms with Gasteiger partial charge in [-0.2, -0.15) is 4.98 Å². The third-order valence-electron chi connectivity index (χ3n) is 4.70. The Hall–Kier alpha value is -3.29. The minimum Gasteiger partial charge on any atom is -0.340 e. The maximum Gasteiger partial charge on any atom is 0.345 e. The van der Waals surface area contributed by atoms with Crippen molar-refractivity contribution in [3.8, 4) is 11.4 Å². The SMILES string of the molecule is CC(C)Cc1cc(C(=O)N2CCc3nc(-c4cccnc4)[nH]c3C2)nc(=O)[nH]1. The van der Waals surface area contributed by atoms with Gasteiger partial charge in [-0.3, -0.25) is 9.78 Å². The lowest BCUT2D eigenvalue weighted by atomic mass is 10.1. The number of imidazole rings is 1. The van der Waals surface area contributed by atoms with Crippen molar-refractivity contribution >= 4 is 5.91 Å². The molecule has 3 aromatic rings. The lowest BCUT2D eigenvalue weighted by Crippen LogP contribution is -2.37. The van der Waals surface area contributed by atoms with Crippen LogP contribution in [0.2, 0.25) is 0 Å². The maximum absolute atomic E-state index is 12.9. The van der Waals surface area contributed by atoms with Crippen molar-refractivity contribution in [2.24, 2.45) is 5.92 Å². The number of nitrogens with zero attached hydrogens (tertiary/aromatic N) is 4. The molecule has 4 heterocycles. The highest BCUT2D eigenvalue weighted by Gasteiger charge is 2.26. The monoisotopic (exact) mass is 378 g/mol. The van der Waals surface area contributed by atoms with Gasteiger partial charge >= 0.3 is 5.69 Å². The van der Waals surface area contributed by atoms with Crippen LogP contribution < -0.4 is 5.69 Å². The first kappa shape index (κ1) is 18.1. The fraction of sp³-hybridized carbons (Fsp3) is 0.350. The maximum atomic E-state index is 12.9. The molecule has 0 fully saturated rings. The minimum absolute atomic E-state index is 0.190. The number of H-pyrrole nitrogens is 2. The molecule has 28 heavy (non-hydrogen) atoms. The number of carbonyl (C=O) groups excluding carboxylic acids is 1. The van der Waals surface area contributed by atoms with Crippen molar-refractivity contribution in [2.45, 2.75) is 33.2 Å². The topological polar surface area (TPSA) is 108 Å². The van der Waals surface area contributed by atoms with E-state index in [0.29, 0.717) is 31.8 Å². The number of hydrogen-bond donors (Lipinski definition) is 2. The fourth-order valence-corrected chi connectivity index (χ4v) is 3.44. The van der Waals surface area contributed by atoms with Gasteiger partial charge in [0.05, 0.1) is 17.9 Å². The van der Waals surface area contributed by atoms with E-state index in [1.54, 1.807) is 23.4 Å². The molecule has 1 amide bonds. The number of aromatic nitrogens is 5. The van der Waals surface area contributed by atoms with Crippen LogP contribution in [0.3, 0.4) is 0 Å². The number of carbonyl (C=O) groups is 1. The average Bonchev–Trinajstić information content (AvgIpc) is 3.10. The number of nitrogens with one attached hydrogen (secondary N) is 2. The lowest BCUT2D eigenvalue weighted by molar-refractivity contribution is 0.0725. The second kappa shape index (κ2) is 7.38. The van der Waals surface area contributed by atoms with E-state index in [1.165, 1.54) is 0 Å². The van der Waals surface area contributed by atoms with Crippen molar-refractivity contribution < 1.29 is 4.79 Å². The van der Waals surface area contributed by atoms with Crippen LogP contribution in [0, 0.1) is 5.92 Å². The van der Waals surface area contributed by atoms with E-state index in [-0.39, 0.29) is 11.6 Å². The van der Waals surface area contributed by atoms with Crippen LogP contribution >= 0.6 is 0 Å². The molecule has 0 saturated carbocycles. The van der Waals surface area contributed by atoms with Gasteiger partial charge in [0.1, 0.15) is 11.5 Å². The predicted octanol–water partition coefficient (Wildman–Crippen LogP) is 1.95. The Morgan fingerprint density at radius 3 is 2.89 bits per heavy atom. The van der Waals surface area contributed by atoms with Crippen molar-refractivity contribution in [3.05, 3.63) is 63.9 Å². The van der Waals surface area contributed by atoms with Crippen LogP contribution in [0.4, 0.5) is 0 Å². The Kier molecular flexibility index (Phi) is 4.77. The summed E-state index contributed by atoms with van der Waals surface area (Å²) in [6.45, 7) is 5.07. The predicted molar refractivity (Wildman–Crippen MR) is 104 cm³/mol. The molecular formula is C20H22N6O2. The van der Waals surface area contributed by atoms with Crippen molar-refractivity contribution in [3.63, 3.8) is 0 Å². The van der Waals surface area contributed by atoms with E-state index in [0.717, 1.165) is 28.5 Å². The quantitative estimate of drug-likeness (QED) is 0.721. The summed E-state index contributed by atoms with van der Waals surface area (Å²) in [4.78, 5) is 45.2. The standard InChI is InChI=1S/C20H22N6O2/c1-12(2)8-14-9-16(25-20(28)22-14)19(27)26-7-5-15-17(11-26)24-18(23-15)13-4-3-6-21-10-13/h3-4,6,9-10,12H,5,7-8,11H2,1-2H3,(H,23,24)(H,22,25,28). The Balaban J connectivity index is 1.56. The number of aromatic amines is 2. The molecule has 0 saturated heterocycles. The number of pyridine rings is 1. The molecule has 1 aliphatic heterocycles. The second-order valence-corrected chi connectivity index (χ2v) is 7.42. The van der Waals surface area contributed by atoms with Crippen LogP contribution in [0.15, 0.2) is 35.4 Å². The van der Waals surface area contributed by atoms with Gasteiger partial charge in [-0.1, -0.05) is 13.8 Å². The number of fused-ring (bicyclic) bond motifs is 1. The van der Waals surface area contributed by atoms with Gasteiger partial charge in [0.25, 0.3) is 5.91 Å². The van der Waals surface area contributed by atoms with E-state index in [9.17, 15) is 9.59 Å². The van der Waals surface area contributed by atoms with Gasteiger partial charge in [-0.25, -0.2) is 9.78 Å². The molecule has 0 spiro atoms. The normalized spacial score (nSPS) is 13.6. The highest BCUT2D eigenvalue weighted by molar-refractivity contribution is 5.92. The van der Waals surface area contributed by atoms with Crippen LogP contribution in [0.1, 0.15) is 41.4 Å². The Morgan fingerprint density at radius 2 is 2.14 bits per heavy atom. The molecule has 1 aliphatic rings. The number of hydrogen-bond acceptors (Lipinski definition) is 5. The summed E-state index contributed by atoms with van der Waals surface area (Å²) >= 11 is 0. The molecule has 3 aromatic heterocycles. The summed E-state index contributed by atoms with van der Waals surface area (Å²) in [5, 5.41) is 0. The largest absolute Gasteiger partial charge is 0.345 e. The van der Waals surface area contributed by atoms with Crippen molar-refractivity contribution in [2.75, 3.05) is 6.54 Å². The van der Waals surface area contributed by atoms with E-state index in [1.807, 2.05) is 12.1 Å². The van der Waals surface area contributed by atoms with Crippen LogP contribution in [-0.2, 0) is 19.4 Å². The Labute approximate surface area is 162 Å². The molecule has 8 heteroatoms. The Morgan fingerprint density at radius 1 is 1.29 bits per heavy atom. The highest BCUT2D eigenvalue weighted by atomic mass is 16.2. The summed E-state index contributed by atoms with van der Waals surface area (Å²) in [5.41, 5.74) is 3.21. The molecule has 0 radical (unpaired) electrons. The summed E-state index contributed by atoms with van der Waals surface area (Å²) < 4.78 is 0. The molecule has 8 nitrogen and oxygen atoms in total. The van der Waals surface area contributed by atoms with Gasteiger partial charge in [0, 0.05) is 36.6 Å². The molecule has 4 rings (SSSR count). The number of amides is 1. The third-order valence-corrected chi connectivity index (χ3v) is 4.70. The zero-order valence-corrected chi connectivity index (χ0v) is 15.9. The van der Waals surface area contributed by atoms with Crippen molar-refractivity contribution in [1.82, 2.24) is 29.8 Å². The van der Waals surface area contributed by atoms with E-state index >= 15 is 0 Å². The van der Waals surface area contributed by atoms with E-state index in [2.05, 4.69) is 38.8 Å². The smallest absolute Gasteiger partial charge is 0.340 e. The molecule has 0 atom stereocenters. The molecule has 144 valence electrons. The van der Waals surface area contributed by atoms with Gasteiger partial charge < -0.3 is 14.9 Å². The average molecular weight is 378 g/mol. The van der Waals surface area contributed by atoms with Crippen molar-refractivity contribution in [1.29, 1.82) is 0 Å². The van der Waals surface area contributed by atoms with E-state index < -0.39 is 5.69 Å². The first-order valence-electron chi connectivity index (χ1n) is 9.37. The fourth-order valence-electron chi connectivity index (χ4n) is 3.44. The minimum atomic E-state index is -0.486. The molecule has 0 bridgehead atoms. The second-order valence-electron chi connectivity index (χ2n) is 7.42. The third kappa shape index (κ3) is 3.71. The van der Waals surface area contributed by atoms with Gasteiger partial charge in [-0.15, -0.1) is 0 Å². The molecule has 0 unspecified atom stereocenters. The Bertz CT molecular complexity index is 1050. The first-order chi connectivity index (χ1) is 13.5. The zero-order chi connectivity index (χ0) is 19.7. The zero-order valence-electron chi connectivity index (χ0n) is 15.9. The molecule has 0 aromatic carbocycles. The number of rotatable bonds is 4. The van der Waals surface area contributed by atoms with Gasteiger partial charge in [-0.05, 0) is 30.5 Å². The van der Waals surface area contributed by atoms with Gasteiger partial charge in [0.2, 0.25) is 0 Å². The van der Waals surface area contributed by atoms with Crippen LogP contribution in [0.5, 0.6) is 0 Å². The van der Waals surface area contributed by atoms with E-state index in [4.69, 9.17) is 0 Å². The lowest BCUT2D eigenvalue weighted by Gasteiger charge is -2.25. The first-order valence-corrected chi connectivity index (χ1v) is 9.37. The molecular weight excluding hydrogens is 356 g/mol. The summed E-state index contributed by atoms with van der Waals surface area (Å²) in [6.07, 6.45) is 4.82.